The highest BCUT2D eigenvalue weighted by Gasteiger charge is 2.34. The van der Waals surface area contributed by atoms with Crippen molar-refractivity contribution in [3.05, 3.63) is 0 Å². The van der Waals surface area contributed by atoms with E-state index in [9.17, 15) is 14.4 Å². The molecule has 2 amide bonds. The Morgan fingerprint density at radius 2 is 2.22 bits per heavy atom. The maximum absolute atomic E-state index is 12.0. The zero-order chi connectivity index (χ0) is 13.1. The van der Waals surface area contributed by atoms with Gasteiger partial charge in [0, 0.05) is 26.1 Å². The molecule has 0 aromatic carbocycles. The van der Waals surface area contributed by atoms with E-state index >= 15 is 0 Å². The predicted molar refractivity (Wildman–Crippen MR) is 62.2 cm³/mol. The molecule has 0 aromatic rings. The summed E-state index contributed by atoms with van der Waals surface area (Å²) < 4.78 is 0. The van der Waals surface area contributed by atoms with Crippen LogP contribution in [-0.2, 0) is 9.59 Å². The maximum atomic E-state index is 12.0. The molecule has 7 nitrogen and oxygen atoms in total. The van der Waals surface area contributed by atoms with Gasteiger partial charge < -0.3 is 15.7 Å². The highest BCUT2D eigenvalue weighted by Crippen LogP contribution is 2.15. The number of hydrogen-bond acceptors (Lipinski definition) is 4. The summed E-state index contributed by atoms with van der Waals surface area (Å²) in [5.41, 5.74) is 0. The van der Waals surface area contributed by atoms with Gasteiger partial charge in [-0.2, -0.15) is 0 Å². The van der Waals surface area contributed by atoms with E-state index < -0.39 is 18.2 Å². The zero-order valence-corrected chi connectivity index (χ0v) is 10.0. The predicted octanol–water partition coefficient (Wildman–Crippen LogP) is -0.824. The SMILES string of the molecule is O=C(N[C@H]1CCCC1=O)C1CNCCN1C(=O)O. The van der Waals surface area contributed by atoms with Crippen LogP contribution in [0.2, 0.25) is 0 Å². The molecule has 0 spiro atoms. The lowest BCUT2D eigenvalue weighted by Gasteiger charge is -2.33. The van der Waals surface area contributed by atoms with Crippen molar-refractivity contribution in [2.24, 2.45) is 0 Å². The second-order valence-electron chi connectivity index (χ2n) is 4.62. The van der Waals surface area contributed by atoms with Crippen molar-refractivity contribution >= 4 is 17.8 Å². The Bertz CT molecular complexity index is 371. The minimum absolute atomic E-state index is 0.0361. The first-order valence-electron chi connectivity index (χ1n) is 6.13. The third kappa shape index (κ3) is 2.61. The molecule has 100 valence electrons. The number of piperazine rings is 1. The van der Waals surface area contributed by atoms with Crippen LogP contribution in [0.15, 0.2) is 0 Å². The molecule has 1 unspecified atom stereocenters. The third-order valence-electron chi connectivity index (χ3n) is 3.41. The Balaban J connectivity index is 1.97. The van der Waals surface area contributed by atoms with E-state index in [-0.39, 0.29) is 18.2 Å². The fraction of sp³-hybridized carbons (Fsp3) is 0.727. The molecular formula is C11H17N3O4. The summed E-state index contributed by atoms with van der Waals surface area (Å²) in [6, 6.07) is -1.18. The van der Waals surface area contributed by atoms with Crippen LogP contribution >= 0.6 is 0 Å². The quantitative estimate of drug-likeness (QED) is 0.598. The fourth-order valence-corrected chi connectivity index (χ4v) is 2.40. The summed E-state index contributed by atoms with van der Waals surface area (Å²) in [4.78, 5) is 35.6. The van der Waals surface area contributed by atoms with Crippen molar-refractivity contribution in [3.63, 3.8) is 0 Å². The molecule has 1 saturated carbocycles. The average molecular weight is 255 g/mol. The van der Waals surface area contributed by atoms with Gasteiger partial charge in [0.25, 0.3) is 0 Å². The van der Waals surface area contributed by atoms with Gasteiger partial charge in [0.2, 0.25) is 5.91 Å². The Hall–Kier alpha value is -1.63. The van der Waals surface area contributed by atoms with Crippen molar-refractivity contribution < 1.29 is 19.5 Å². The minimum Gasteiger partial charge on any atom is -0.465 e. The van der Waals surface area contributed by atoms with Gasteiger partial charge in [-0.3, -0.25) is 14.5 Å². The lowest BCUT2D eigenvalue weighted by molar-refractivity contribution is -0.130. The minimum atomic E-state index is -1.10. The van der Waals surface area contributed by atoms with Gasteiger partial charge in [0.05, 0.1) is 6.04 Å². The van der Waals surface area contributed by atoms with Crippen molar-refractivity contribution in [3.8, 4) is 0 Å². The van der Waals surface area contributed by atoms with E-state index in [1.807, 2.05) is 0 Å². The van der Waals surface area contributed by atoms with Crippen LogP contribution in [-0.4, -0.2) is 59.5 Å². The standard InChI is InChI=1S/C11H17N3O4/c15-9-3-1-2-7(9)13-10(16)8-6-12-4-5-14(8)11(17)18/h7-8,12H,1-6H2,(H,13,16)(H,17,18)/t7-,8?/m0/s1. The molecule has 2 aliphatic rings. The van der Waals surface area contributed by atoms with Crippen LogP contribution < -0.4 is 10.6 Å². The van der Waals surface area contributed by atoms with Gasteiger partial charge in [-0.25, -0.2) is 4.79 Å². The van der Waals surface area contributed by atoms with E-state index in [2.05, 4.69) is 10.6 Å². The Kier molecular flexibility index (Phi) is 3.81. The smallest absolute Gasteiger partial charge is 0.408 e. The summed E-state index contributed by atoms with van der Waals surface area (Å²) in [7, 11) is 0. The van der Waals surface area contributed by atoms with Gasteiger partial charge in [-0.1, -0.05) is 0 Å². The highest BCUT2D eigenvalue weighted by atomic mass is 16.4. The number of carbonyl (C=O) groups is 3. The van der Waals surface area contributed by atoms with Crippen LogP contribution in [0.1, 0.15) is 19.3 Å². The van der Waals surface area contributed by atoms with Crippen molar-refractivity contribution in [1.82, 2.24) is 15.5 Å². The average Bonchev–Trinajstić information content (AvgIpc) is 2.75. The lowest BCUT2D eigenvalue weighted by Crippen LogP contribution is -2.60. The first-order valence-corrected chi connectivity index (χ1v) is 6.13. The van der Waals surface area contributed by atoms with Crippen LogP contribution in [0.4, 0.5) is 4.79 Å². The molecule has 0 aromatic heterocycles. The van der Waals surface area contributed by atoms with Crippen LogP contribution in [0.3, 0.4) is 0 Å². The summed E-state index contributed by atoms with van der Waals surface area (Å²) in [5, 5.41) is 14.7. The normalized spacial score (nSPS) is 28.2. The first-order chi connectivity index (χ1) is 8.59. The topological polar surface area (TPSA) is 98.7 Å². The monoisotopic (exact) mass is 255 g/mol. The van der Waals surface area contributed by atoms with Crippen molar-refractivity contribution in [2.45, 2.75) is 31.3 Å². The van der Waals surface area contributed by atoms with E-state index in [0.717, 1.165) is 11.3 Å². The van der Waals surface area contributed by atoms with Gasteiger partial charge in [0.15, 0.2) is 5.78 Å². The number of rotatable bonds is 2. The molecule has 2 atom stereocenters. The molecule has 2 fully saturated rings. The Morgan fingerprint density at radius 1 is 1.44 bits per heavy atom. The number of nitrogens with one attached hydrogen (secondary N) is 2. The number of amides is 2. The van der Waals surface area contributed by atoms with Gasteiger partial charge in [0.1, 0.15) is 6.04 Å². The molecule has 1 aliphatic heterocycles. The Labute approximate surface area is 105 Å². The molecule has 2 rings (SSSR count). The van der Waals surface area contributed by atoms with Crippen molar-refractivity contribution in [2.75, 3.05) is 19.6 Å². The second-order valence-corrected chi connectivity index (χ2v) is 4.62. The molecule has 1 aliphatic carbocycles. The summed E-state index contributed by atoms with van der Waals surface area (Å²) in [5.74, 6) is -0.348. The molecule has 1 saturated heterocycles. The summed E-state index contributed by atoms with van der Waals surface area (Å²) >= 11 is 0. The molecular weight excluding hydrogens is 238 g/mol. The third-order valence-corrected chi connectivity index (χ3v) is 3.41. The van der Waals surface area contributed by atoms with Crippen LogP contribution in [0.5, 0.6) is 0 Å². The number of carboxylic acid groups (broad SMARTS) is 1. The summed E-state index contributed by atoms with van der Waals surface area (Å²) in [6.07, 6.45) is 0.832. The fourth-order valence-electron chi connectivity index (χ4n) is 2.40. The zero-order valence-electron chi connectivity index (χ0n) is 10.0. The second kappa shape index (κ2) is 5.34. The number of Topliss-reactive ketones (excluding diaryl/α,β-unsaturated/α-hetero) is 1. The van der Waals surface area contributed by atoms with Gasteiger partial charge >= 0.3 is 6.09 Å². The van der Waals surface area contributed by atoms with E-state index in [4.69, 9.17) is 5.11 Å². The van der Waals surface area contributed by atoms with Crippen molar-refractivity contribution in [1.29, 1.82) is 0 Å². The maximum Gasteiger partial charge on any atom is 0.408 e. The van der Waals surface area contributed by atoms with E-state index in [1.54, 1.807) is 0 Å². The molecule has 1 heterocycles. The van der Waals surface area contributed by atoms with E-state index in [1.165, 1.54) is 0 Å². The lowest BCUT2D eigenvalue weighted by atomic mass is 10.1. The molecule has 3 N–H and O–H groups in total. The molecule has 0 radical (unpaired) electrons. The highest BCUT2D eigenvalue weighted by molar-refractivity contribution is 5.93. The molecule has 7 heteroatoms. The molecule has 18 heavy (non-hydrogen) atoms. The van der Waals surface area contributed by atoms with Gasteiger partial charge in [-0.05, 0) is 12.8 Å². The van der Waals surface area contributed by atoms with Gasteiger partial charge in [-0.15, -0.1) is 0 Å². The first kappa shape index (κ1) is 12.8. The Morgan fingerprint density at radius 3 is 2.83 bits per heavy atom. The number of ketones is 1. The number of hydrogen-bond donors (Lipinski definition) is 3. The summed E-state index contributed by atoms with van der Waals surface area (Å²) in [6.45, 7) is 1.11. The van der Waals surface area contributed by atoms with E-state index in [0.29, 0.717) is 25.9 Å². The van der Waals surface area contributed by atoms with Crippen LogP contribution in [0.25, 0.3) is 0 Å². The largest absolute Gasteiger partial charge is 0.465 e. The molecule has 0 bridgehead atoms. The van der Waals surface area contributed by atoms with Crippen LogP contribution in [0, 0.1) is 0 Å². The number of carbonyl (C=O) groups excluding carboxylic acids is 2. The number of nitrogens with zero attached hydrogens (tertiary/aromatic N) is 1.